The monoisotopic (exact) mass is 242 g/mol. The van der Waals surface area contributed by atoms with Crippen molar-refractivity contribution in [1.29, 1.82) is 0 Å². The first-order chi connectivity index (χ1) is 7.80. The average Bonchev–Trinajstić information content (AvgIpc) is 2.64. The molecule has 1 saturated carbocycles. The van der Waals surface area contributed by atoms with E-state index in [2.05, 4.69) is 10.6 Å². The third kappa shape index (κ3) is 4.24. The highest BCUT2D eigenvalue weighted by molar-refractivity contribution is 5.83. The van der Waals surface area contributed by atoms with Crippen molar-refractivity contribution in [3.63, 3.8) is 0 Å². The molecule has 3 N–H and O–H groups in total. The number of aliphatic carboxylic acids is 1. The summed E-state index contributed by atoms with van der Waals surface area (Å²) in [5.41, 5.74) is -0.501. The normalized spacial score (nSPS) is 18.8. The molecule has 0 aromatic rings. The Morgan fingerprint density at radius 1 is 1.24 bits per heavy atom. The average molecular weight is 242 g/mol. The second kappa shape index (κ2) is 5.38. The molecule has 1 aliphatic carbocycles. The van der Waals surface area contributed by atoms with E-state index in [-0.39, 0.29) is 12.1 Å². The Morgan fingerprint density at radius 3 is 2.18 bits per heavy atom. The lowest BCUT2D eigenvalue weighted by Crippen LogP contribution is -2.53. The maximum absolute atomic E-state index is 11.7. The van der Waals surface area contributed by atoms with E-state index in [1.54, 1.807) is 20.8 Å². The number of urea groups is 1. The molecule has 5 heteroatoms. The molecule has 1 unspecified atom stereocenters. The van der Waals surface area contributed by atoms with Crippen molar-refractivity contribution in [1.82, 2.24) is 10.6 Å². The molecule has 0 saturated heterocycles. The Bertz CT molecular complexity index is 291. The zero-order chi connectivity index (χ0) is 13.1. The highest BCUT2D eigenvalue weighted by atomic mass is 16.4. The van der Waals surface area contributed by atoms with Crippen LogP contribution in [0.4, 0.5) is 4.79 Å². The molecule has 0 radical (unpaired) electrons. The summed E-state index contributed by atoms with van der Waals surface area (Å²) < 4.78 is 0. The summed E-state index contributed by atoms with van der Waals surface area (Å²) in [5, 5.41) is 14.4. The molecule has 1 aliphatic rings. The second-order valence-corrected chi connectivity index (χ2v) is 5.74. The third-order valence-corrected chi connectivity index (χ3v) is 3.08. The predicted molar refractivity (Wildman–Crippen MR) is 64.8 cm³/mol. The van der Waals surface area contributed by atoms with Gasteiger partial charge in [0.05, 0.1) is 0 Å². The first kappa shape index (κ1) is 13.8. The van der Waals surface area contributed by atoms with Crippen LogP contribution in [-0.4, -0.2) is 29.2 Å². The molecule has 1 atom stereocenters. The molecule has 17 heavy (non-hydrogen) atoms. The van der Waals surface area contributed by atoms with Gasteiger partial charge in [0.15, 0.2) is 0 Å². The molecule has 1 rings (SSSR count). The highest BCUT2D eigenvalue weighted by Crippen LogP contribution is 2.20. The minimum atomic E-state index is -1.00. The second-order valence-electron chi connectivity index (χ2n) is 5.74. The van der Waals surface area contributed by atoms with E-state index >= 15 is 0 Å². The lowest BCUT2D eigenvalue weighted by atomic mass is 9.87. The van der Waals surface area contributed by atoms with Gasteiger partial charge < -0.3 is 15.7 Å². The Balaban J connectivity index is 2.49. The van der Waals surface area contributed by atoms with Crippen molar-refractivity contribution in [3.8, 4) is 0 Å². The van der Waals surface area contributed by atoms with Gasteiger partial charge in [0.2, 0.25) is 0 Å². The number of hydrogen-bond acceptors (Lipinski definition) is 2. The number of carboxylic acids is 1. The zero-order valence-electron chi connectivity index (χ0n) is 10.7. The zero-order valence-corrected chi connectivity index (χ0v) is 10.7. The van der Waals surface area contributed by atoms with Gasteiger partial charge in [-0.15, -0.1) is 0 Å². The summed E-state index contributed by atoms with van der Waals surface area (Å²) >= 11 is 0. The van der Waals surface area contributed by atoms with Gasteiger partial charge >= 0.3 is 12.0 Å². The molecule has 0 heterocycles. The minimum Gasteiger partial charge on any atom is -0.480 e. The van der Waals surface area contributed by atoms with E-state index in [0.717, 1.165) is 25.7 Å². The number of carboxylic acid groups (broad SMARTS) is 1. The molecule has 0 spiro atoms. The van der Waals surface area contributed by atoms with Crippen molar-refractivity contribution >= 4 is 12.0 Å². The standard InChI is InChI=1S/C12H22N2O3/c1-12(2,3)9(10(15)16)14-11(17)13-8-6-4-5-7-8/h8-9H,4-7H2,1-3H3,(H,15,16)(H2,13,14,17). The third-order valence-electron chi connectivity index (χ3n) is 3.08. The lowest BCUT2D eigenvalue weighted by molar-refractivity contribution is -0.141. The summed E-state index contributed by atoms with van der Waals surface area (Å²) in [6, 6.07) is -1.05. The van der Waals surface area contributed by atoms with Crippen LogP contribution >= 0.6 is 0 Å². The number of hydrogen-bond donors (Lipinski definition) is 3. The van der Waals surface area contributed by atoms with E-state index in [0.29, 0.717) is 0 Å². The smallest absolute Gasteiger partial charge is 0.326 e. The van der Waals surface area contributed by atoms with Crippen LogP contribution in [-0.2, 0) is 4.79 Å². The fourth-order valence-corrected chi connectivity index (χ4v) is 2.08. The number of amides is 2. The van der Waals surface area contributed by atoms with Crippen LogP contribution in [0.2, 0.25) is 0 Å². The fraction of sp³-hybridized carbons (Fsp3) is 0.833. The molecule has 0 aromatic heterocycles. The summed E-state index contributed by atoms with van der Waals surface area (Å²) in [6.45, 7) is 5.38. The van der Waals surface area contributed by atoms with Crippen LogP contribution < -0.4 is 10.6 Å². The van der Waals surface area contributed by atoms with Gasteiger partial charge in [-0.3, -0.25) is 0 Å². The van der Waals surface area contributed by atoms with Crippen molar-refractivity contribution in [2.24, 2.45) is 5.41 Å². The van der Waals surface area contributed by atoms with Crippen LogP contribution in [0.5, 0.6) is 0 Å². The largest absolute Gasteiger partial charge is 0.480 e. The van der Waals surface area contributed by atoms with Gasteiger partial charge in [-0.05, 0) is 18.3 Å². The Morgan fingerprint density at radius 2 is 1.76 bits per heavy atom. The van der Waals surface area contributed by atoms with E-state index in [4.69, 9.17) is 5.11 Å². The van der Waals surface area contributed by atoms with Crippen molar-refractivity contribution in [3.05, 3.63) is 0 Å². The molecule has 1 fully saturated rings. The lowest BCUT2D eigenvalue weighted by Gasteiger charge is -2.28. The quantitative estimate of drug-likeness (QED) is 0.705. The molecule has 0 aromatic carbocycles. The Hall–Kier alpha value is -1.26. The van der Waals surface area contributed by atoms with Gasteiger partial charge in [-0.25, -0.2) is 9.59 Å². The van der Waals surface area contributed by atoms with Crippen LogP contribution in [0.3, 0.4) is 0 Å². The van der Waals surface area contributed by atoms with Crippen LogP contribution in [0.1, 0.15) is 46.5 Å². The van der Waals surface area contributed by atoms with E-state index in [1.807, 2.05) is 0 Å². The van der Waals surface area contributed by atoms with Crippen molar-refractivity contribution in [2.45, 2.75) is 58.5 Å². The molecular weight excluding hydrogens is 220 g/mol. The van der Waals surface area contributed by atoms with Crippen molar-refractivity contribution in [2.75, 3.05) is 0 Å². The van der Waals surface area contributed by atoms with E-state index < -0.39 is 17.4 Å². The van der Waals surface area contributed by atoms with Gasteiger partial charge in [-0.1, -0.05) is 33.6 Å². The Labute approximate surface area is 102 Å². The van der Waals surface area contributed by atoms with E-state index in [1.165, 1.54) is 0 Å². The number of rotatable bonds is 3. The van der Waals surface area contributed by atoms with Crippen LogP contribution in [0.25, 0.3) is 0 Å². The molecule has 0 aliphatic heterocycles. The number of carbonyl (C=O) groups excluding carboxylic acids is 1. The summed E-state index contributed by atoms with van der Waals surface area (Å²) in [4.78, 5) is 22.8. The first-order valence-corrected chi connectivity index (χ1v) is 6.10. The van der Waals surface area contributed by atoms with Crippen LogP contribution in [0.15, 0.2) is 0 Å². The summed E-state index contributed by atoms with van der Waals surface area (Å²) in [5.74, 6) is -1.00. The first-order valence-electron chi connectivity index (χ1n) is 6.10. The van der Waals surface area contributed by atoms with Crippen LogP contribution in [0, 0.1) is 5.41 Å². The molecule has 98 valence electrons. The molecule has 2 amide bonds. The summed E-state index contributed by atoms with van der Waals surface area (Å²) in [6.07, 6.45) is 4.24. The van der Waals surface area contributed by atoms with Gasteiger partial charge in [0, 0.05) is 6.04 Å². The van der Waals surface area contributed by atoms with E-state index in [9.17, 15) is 9.59 Å². The number of nitrogens with one attached hydrogen (secondary N) is 2. The number of carbonyl (C=O) groups is 2. The minimum absolute atomic E-state index is 0.199. The molecule has 5 nitrogen and oxygen atoms in total. The van der Waals surface area contributed by atoms with Gasteiger partial charge in [0.25, 0.3) is 0 Å². The van der Waals surface area contributed by atoms with Crippen molar-refractivity contribution < 1.29 is 14.7 Å². The SMILES string of the molecule is CC(C)(C)C(NC(=O)NC1CCCC1)C(=O)O. The molecular formula is C12H22N2O3. The van der Waals surface area contributed by atoms with Gasteiger partial charge in [0.1, 0.15) is 6.04 Å². The highest BCUT2D eigenvalue weighted by Gasteiger charge is 2.33. The summed E-state index contributed by atoms with van der Waals surface area (Å²) in [7, 11) is 0. The maximum atomic E-state index is 11.7. The molecule has 0 bridgehead atoms. The Kier molecular flexibility index (Phi) is 4.37. The topological polar surface area (TPSA) is 78.4 Å². The van der Waals surface area contributed by atoms with Gasteiger partial charge in [-0.2, -0.15) is 0 Å². The fourth-order valence-electron chi connectivity index (χ4n) is 2.08. The maximum Gasteiger partial charge on any atom is 0.326 e. The predicted octanol–water partition coefficient (Wildman–Crippen LogP) is 1.73.